The number of carbonyl (C=O) groups excluding carboxylic acids is 1. The molecule has 2 rings (SSSR count). The maximum atomic E-state index is 11.9. The Balaban J connectivity index is 1.99. The molecule has 0 unspecified atom stereocenters. The van der Waals surface area contributed by atoms with E-state index in [-0.39, 0.29) is 11.8 Å². The first kappa shape index (κ1) is 11.4. The monoisotopic (exact) mass is 239 g/mol. The number of aromatic nitrogens is 1. The molecule has 16 heavy (non-hydrogen) atoms. The summed E-state index contributed by atoms with van der Waals surface area (Å²) in [4.78, 5) is 15.8. The number of hydrogen-bond donors (Lipinski definition) is 2. The standard InChI is InChI=1S/C11H14ClN3O/c12-9-3-5-14-7-10(9)15-11(16)8-2-1-4-13-6-8/h3,5,7-8,13H,1-2,4,6H2,(H,15,16)/t8-/m1/s1. The van der Waals surface area contributed by atoms with E-state index in [2.05, 4.69) is 15.6 Å². The molecule has 1 atom stereocenters. The first-order valence-electron chi connectivity index (χ1n) is 5.38. The third kappa shape index (κ3) is 2.71. The molecule has 4 nitrogen and oxygen atoms in total. The van der Waals surface area contributed by atoms with Crippen molar-refractivity contribution in [2.24, 2.45) is 5.92 Å². The summed E-state index contributed by atoms with van der Waals surface area (Å²) in [5, 5.41) is 6.53. The zero-order valence-corrected chi connectivity index (χ0v) is 9.63. The van der Waals surface area contributed by atoms with E-state index in [1.807, 2.05) is 0 Å². The molecule has 2 N–H and O–H groups in total. The third-order valence-electron chi connectivity index (χ3n) is 2.69. The number of carbonyl (C=O) groups is 1. The van der Waals surface area contributed by atoms with Gasteiger partial charge in [0.25, 0.3) is 0 Å². The second-order valence-corrected chi connectivity index (χ2v) is 4.30. The van der Waals surface area contributed by atoms with Gasteiger partial charge in [-0.3, -0.25) is 9.78 Å². The zero-order chi connectivity index (χ0) is 11.4. The van der Waals surface area contributed by atoms with Crippen LogP contribution < -0.4 is 10.6 Å². The maximum Gasteiger partial charge on any atom is 0.228 e. The van der Waals surface area contributed by atoms with Gasteiger partial charge >= 0.3 is 0 Å². The molecular formula is C11H14ClN3O. The molecule has 1 aliphatic rings. The van der Waals surface area contributed by atoms with Gasteiger partial charge in [0.1, 0.15) is 0 Å². The van der Waals surface area contributed by atoms with E-state index in [0.29, 0.717) is 10.7 Å². The number of amides is 1. The van der Waals surface area contributed by atoms with Crippen molar-refractivity contribution in [3.05, 3.63) is 23.5 Å². The summed E-state index contributed by atoms with van der Waals surface area (Å²) in [6.45, 7) is 1.74. The molecule has 5 heteroatoms. The van der Waals surface area contributed by atoms with Gasteiger partial charge in [0, 0.05) is 12.7 Å². The number of piperidine rings is 1. The molecule has 0 radical (unpaired) electrons. The fourth-order valence-corrected chi connectivity index (χ4v) is 1.93. The highest BCUT2D eigenvalue weighted by Crippen LogP contribution is 2.21. The van der Waals surface area contributed by atoms with E-state index in [4.69, 9.17) is 11.6 Å². The molecule has 0 spiro atoms. The third-order valence-corrected chi connectivity index (χ3v) is 3.02. The van der Waals surface area contributed by atoms with Crippen molar-refractivity contribution in [3.63, 3.8) is 0 Å². The lowest BCUT2D eigenvalue weighted by Gasteiger charge is -2.21. The van der Waals surface area contributed by atoms with Crippen molar-refractivity contribution >= 4 is 23.2 Å². The maximum absolute atomic E-state index is 11.9. The van der Waals surface area contributed by atoms with Gasteiger partial charge in [0.15, 0.2) is 0 Å². The Labute approximate surface area is 99.4 Å². The summed E-state index contributed by atoms with van der Waals surface area (Å²) in [7, 11) is 0. The number of nitrogens with one attached hydrogen (secondary N) is 2. The van der Waals surface area contributed by atoms with Crippen molar-refractivity contribution in [2.45, 2.75) is 12.8 Å². The Kier molecular flexibility index (Phi) is 3.74. The van der Waals surface area contributed by atoms with Gasteiger partial charge in [-0.1, -0.05) is 11.6 Å². The van der Waals surface area contributed by atoms with Crippen LogP contribution in [0.2, 0.25) is 5.02 Å². The summed E-state index contributed by atoms with van der Waals surface area (Å²) < 4.78 is 0. The highest BCUT2D eigenvalue weighted by atomic mass is 35.5. The SMILES string of the molecule is O=C(Nc1cnccc1Cl)[C@@H]1CCCNC1. The first-order chi connectivity index (χ1) is 7.77. The average molecular weight is 240 g/mol. The van der Waals surface area contributed by atoms with Gasteiger partial charge in [0.2, 0.25) is 5.91 Å². The van der Waals surface area contributed by atoms with Crippen LogP contribution in [0.3, 0.4) is 0 Å². The van der Waals surface area contributed by atoms with Gasteiger partial charge in [-0.15, -0.1) is 0 Å². The summed E-state index contributed by atoms with van der Waals surface area (Å²) >= 11 is 5.94. The van der Waals surface area contributed by atoms with Gasteiger partial charge in [-0.05, 0) is 25.5 Å². The van der Waals surface area contributed by atoms with Gasteiger partial charge in [-0.25, -0.2) is 0 Å². The summed E-state index contributed by atoms with van der Waals surface area (Å²) in [5.41, 5.74) is 0.583. The van der Waals surface area contributed by atoms with Crippen LogP contribution >= 0.6 is 11.6 Å². The number of nitrogens with zero attached hydrogens (tertiary/aromatic N) is 1. The molecule has 1 saturated heterocycles. The molecule has 0 bridgehead atoms. The predicted octanol–water partition coefficient (Wildman–Crippen LogP) is 1.67. The quantitative estimate of drug-likeness (QED) is 0.826. The first-order valence-corrected chi connectivity index (χ1v) is 5.76. The molecule has 1 aromatic rings. The Bertz CT molecular complexity index is 377. The summed E-state index contributed by atoms with van der Waals surface area (Å²) in [6, 6.07) is 1.66. The smallest absolute Gasteiger partial charge is 0.228 e. The largest absolute Gasteiger partial charge is 0.323 e. The molecule has 0 aromatic carbocycles. The van der Waals surface area contributed by atoms with Crippen LogP contribution in [-0.2, 0) is 4.79 Å². The lowest BCUT2D eigenvalue weighted by atomic mass is 9.99. The molecule has 1 aromatic heterocycles. The van der Waals surface area contributed by atoms with E-state index in [9.17, 15) is 4.79 Å². The number of anilines is 1. The van der Waals surface area contributed by atoms with E-state index < -0.39 is 0 Å². The summed E-state index contributed by atoms with van der Waals surface area (Å²) in [5.74, 6) is 0.0483. The minimum Gasteiger partial charge on any atom is -0.323 e. The molecule has 1 aliphatic heterocycles. The van der Waals surface area contributed by atoms with Gasteiger partial charge in [0.05, 0.1) is 22.8 Å². The topological polar surface area (TPSA) is 54.0 Å². The second kappa shape index (κ2) is 5.27. The van der Waals surface area contributed by atoms with Crippen molar-refractivity contribution in [1.82, 2.24) is 10.3 Å². The molecule has 1 fully saturated rings. The molecule has 86 valence electrons. The van der Waals surface area contributed by atoms with Crippen LogP contribution in [0.5, 0.6) is 0 Å². The Morgan fingerprint density at radius 3 is 3.19 bits per heavy atom. The lowest BCUT2D eigenvalue weighted by molar-refractivity contribution is -0.120. The van der Waals surface area contributed by atoms with E-state index in [1.165, 1.54) is 0 Å². The number of hydrogen-bond acceptors (Lipinski definition) is 3. The average Bonchev–Trinajstić information content (AvgIpc) is 2.33. The molecule has 2 heterocycles. The van der Waals surface area contributed by atoms with Crippen LogP contribution in [0.15, 0.2) is 18.5 Å². The van der Waals surface area contributed by atoms with Crippen LogP contribution in [-0.4, -0.2) is 24.0 Å². The highest BCUT2D eigenvalue weighted by Gasteiger charge is 2.21. The highest BCUT2D eigenvalue weighted by molar-refractivity contribution is 6.33. The van der Waals surface area contributed by atoms with Crippen LogP contribution in [0.25, 0.3) is 0 Å². The number of halogens is 1. The molecule has 1 amide bonds. The van der Waals surface area contributed by atoms with E-state index in [1.54, 1.807) is 18.5 Å². The van der Waals surface area contributed by atoms with Crippen molar-refractivity contribution in [3.8, 4) is 0 Å². The number of pyridine rings is 1. The Hall–Kier alpha value is -1.13. The van der Waals surface area contributed by atoms with Gasteiger partial charge in [-0.2, -0.15) is 0 Å². The predicted molar refractivity (Wildman–Crippen MR) is 63.5 cm³/mol. The van der Waals surface area contributed by atoms with E-state index in [0.717, 1.165) is 25.9 Å². The minimum absolute atomic E-state index is 0.0158. The fraction of sp³-hybridized carbons (Fsp3) is 0.455. The van der Waals surface area contributed by atoms with Crippen molar-refractivity contribution < 1.29 is 4.79 Å². The van der Waals surface area contributed by atoms with Crippen molar-refractivity contribution in [1.29, 1.82) is 0 Å². The summed E-state index contributed by atoms with van der Waals surface area (Å²) in [6.07, 6.45) is 5.13. The van der Waals surface area contributed by atoms with Crippen LogP contribution in [0.1, 0.15) is 12.8 Å². The number of rotatable bonds is 2. The van der Waals surface area contributed by atoms with Crippen LogP contribution in [0.4, 0.5) is 5.69 Å². The second-order valence-electron chi connectivity index (χ2n) is 3.89. The Morgan fingerprint density at radius 2 is 2.50 bits per heavy atom. The van der Waals surface area contributed by atoms with Crippen LogP contribution in [0, 0.1) is 5.92 Å². The van der Waals surface area contributed by atoms with Gasteiger partial charge < -0.3 is 10.6 Å². The van der Waals surface area contributed by atoms with E-state index >= 15 is 0 Å². The minimum atomic E-state index is 0.0158. The normalized spacial score (nSPS) is 20.4. The zero-order valence-electron chi connectivity index (χ0n) is 8.87. The van der Waals surface area contributed by atoms with Crippen molar-refractivity contribution in [2.75, 3.05) is 18.4 Å². The molecule has 0 saturated carbocycles. The lowest BCUT2D eigenvalue weighted by Crippen LogP contribution is -2.37. The Morgan fingerprint density at radius 1 is 1.62 bits per heavy atom. The molecular weight excluding hydrogens is 226 g/mol. The molecule has 0 aliphatic carbocycles. The fourth-order valence-electron chi connectivity index (χ4n) is 1.78.